The molecule has 26 heavy (non-hydrogen) atoms. The largest absolute Gasteiger partial charge is 0.339 e. The van der Waals surface area contributed by atoms with E-state index in [1.807, 2.05) is 4.90 Å². The molecule has 0 atom stereocenters. The van der Waals surface area contributed by atoms with E-state index in [4.69, 9.17) is 4.98 Å². The summed E-state index contributed by atoms with van der Waals surface area (Å²) in [4.78, 5) is 35.9. The van der Waals surface area contributed by atoms with Crippen LogP contribution in [0.15, 0.2) is 17.4 Å². The highest BCUT2D eigenvalue weighted by atomic mass is 32.1. The summed E-state index contributed by atoms with van der Waals surface area (Å²) in [6.07, 6.45) is 6.14. The van der Waals surface area contributed by atoms with Gasteiger partial charge in [0, 0.05) is 44.5 Å². The number of carbonyl (C=O) groups is 1. The molecule has 2 aliphatic rings. The third-order valence-corrected chi connectivity index (χ3v) is 6.56. The first-order chi connectivity index (χ1) is 12.6. The van der Waals surface area contributed by atoms with Crippen LogP contribution in [0.3, 0.4) is 0 Å². The normalized spacial score (nSPS) is 17.4. The van der Waals surface area contributed by atoms with Crippen molar-refractivity contribution in [1.29, 1.82) is 0 Å². The number of carbonyl (C=O) groups excluding carboxylic acids is 1. The Bertz CT molecular complexity index is 922. The number of hydrogen-bond donors (Lipinski definition) is 0. The molecule has 2 aromatic rings. The Hall–Kier alpha value is -2.15. The van der Waals surface area contributed by atoms with E-state index >= 15 is 0 Å². The Morgan fingerprint density at radius 1 is 1.23 bits per heavy atom. The molecular weight excluding hydrogens is 348 g/mol. The number of hydrogen-bond acceptors (Lipinski definition) is 5. The highest BCUT2D eigenvalue weighted by Gasteiger charge is 2.26. The maximum Gasteiger partial charge on any atom is 0.264 e. The molecule has 0 unspecified atom stereocenters. The van der Waals surface area contributed by atoms with Crippen molar-refractivity contribution in [3.63, 3.8) is 0 Å². The molecule has 7 heteroatoms. The number of fused-ring (bicyclic) bond motifs is 3. The smallest absolute Gasteiger partial charge is 0.264 e. The molecule has 0 saturated carbocycles. The lowest BCUT2D eigenvalue weighted by molar-refractivity contribution is -0.129. The van der Waals surface area contributed by atoms with Gasteiger partial charge < -0.3 is 9.80 Å². The number of amides is 1. The average molecular weight is 372 g/mol. The van der Waals surface area contributed by atoms with Crippen molar-refractivity contribution in [2.75, 3.05) is 31.1 Å². The first kappa shape index (κ1) is 17.3. The van der Waals surface area contributed by atoms with Gasteiger partial charge in [-0.3, -0.25) is 14.2 Å². The molecule has 3 heterocycles. The predicted octanol–water partition coefficient (Wildman–Crippen LogP) is 2.19. The molecule has 1 saturated heterocycles. The second kappa shape index (κ2) is 6.87. The van der Waals surface area contributed by atoms with E-state index in [-0.39, 0.29) is 11.5 Å². The van der Waals surface area contributed by atoms with Gasteiger partial charge >= 0.3 is 0 Å². The first-order valence-corrected chi connectivity index (χ1v) is 10.1. The number of aromatic nitrogens is 2. The van der Waals surface area contributed by atoms with Gasteiger partial charge in [-0.15, -0.1) is 17.9 Å². The molecule has 1 fully saturated rings. The van der Waals surface area contributed by atoms with Crippen molar-refractivity contribution in [1.82, 2.24) is 14.5 Å². The lowest BCUT2D eigenvalue weighted by atomic mass is 9.97. The van der Waals surface area contributed by atoms with Crippen LogP contribution in [-0.2, 0) is 24.2 Å². The van der Waals surface area contributed by atoms with E-state index in [0.717, 1.165) is 29.5 Å². The van der Waals surface area contributed by atoms with E-state index < -0.39 is 0 Å². The van der Waals surface area contributed by atoms with Crippen molar-refractivity contribution in [2.24, 2.45) is 0 Å². The number of piperazine rings is 1. The van der Waals surface area contributed by atoms with Gasteiger partial charge in [0.15, 0.2) is 0 Å². The fourth-order valence-electron chi connectivity index (χ4n) is 3.98. The zero-order valence-electron chi connectivity index (χ0n) is 15.2. The summed E-state index contributed by atoms with van der Waals surface area (Å²) < 4.78 is 1.75. The molecule has 2 aromatic heterocycles. The fraction of sp³-hybridized carbons (Fsp3) is 0.526. The van der Waals surface area contributed by atoms with Crippen molar-refractivity contribution < 1.29 is 4.79 Å². The monoisotopic (exact) mass is 372 g/mol. The number of thiophene rings is 1. The molecule has 0 aromatic carbocycles. The summed E-state index contributed by atoms with van der Waals surface area (Å²) in [5, 5.41) is 0.817. The molecule has 138 valence electrons. The van der Waals surface area contributed by atoms with Crippen molar-refractivity contribution >= 4 is 33.4 Å². The summed E-state index contributed by atoms with van der Waals surface area (Å²) in [5.41, 5.74) is 1.28. The second-order valence-electron chi connectivity index (χ2n) is 7.00. The van der Waals surface area contributed by atoms with E-state index in [2.05, 4.69) is 11.5 Å². The Labute approximate surface area is 156 Å². The third-order valence-electron chi connectivity index (χ3n) is 5.37. The van der Waals surface area contributed by atoms with Gasteiger partial charge in [0.05, 0.1) is 5.39 Å². The van der Waals surface area contributed by atoms with Crippen LogP contribution in [0, 0.1) is 0 Å². The van der Waals surface area contributed by atoms with Crippen LogP contribution in [0.5, 0.6) is 0 Å². The minimum atomic E-state index is 0.0540. The van der Waals surface area contributed by atoms with Crippen LogP contribution < -0.4 is 10.5 Å². The zero-order chi connectivity index (χ0) is 18.3. The fourth-order valence-corrected chi connectivity index (χ4v) is 5.23. The molecule has 0 N–H and O–H groups in total. The topological polar surface area (TPSA) is 58.4 Å². The minimum Gasteiger partial charge on any atom is -0.339 e. The number of aryl methyl sites for hydroxylation is 2. The van der Waals surface area contributed by atoms with Crippen molar-refractivity contribution in [2.45, 2.75) is 39.2 Å². The number of rotatable bonds is 3. The zero-order valence-corrected chi connectivity index (χ0v) is 16.0. The quantitative estimate of drug-likeness (QED) is 0.775. The number of allylic oxidation sites excluding steroid dienone is 1. The third kappa shape index (κ3) is 2.84. The molecular formula is C19H24N4O2S. The van der Waals surface area contributed by atoms with E-state index in [1.165, 1.54) is 16.9 Å². The molecule has 1 amide bonds. The van der Waals surface area contributed by atoms with Crippen molar-refractivity contribution in [3.8, 4) is 0 Å². The van der Waals surface area contributed by atoms with Gasteiger partial charge in [0.1, 0.15) is 4.83 Å². The lowest BCUT2D eigenvalue weighted by Gasteiger charge is -2.35. The average Bonchev–Trinajstić information content (AvgIpc) is 3.02. The summed E-state index contributed by atoms with van der Waals surface area (Å²) >= 11 is 1.68. The molecule has 1 aliphatic carbocycles. The Kier molecular flexibility index (Phi) is 4.56. The van der Waals surface area contributed by atoms with Gasteiger partial charge in [-0.1, -0.05) is 6.08 Å². The van der Waals surface area contributed by atoms with Crippen LogP contribution in [0.25, 0.3) is 10.2 Å². The van der Waals surface area contributed by atoms with Crippen LogP contribution in [0.1, 0.15) is 30.2 Å². The van der Waals surface area contributed by atoms with Gasteiger partial charge in [-0.25, -0.2) is 4.98 Å². The van der Waals surface area contributed by atoms with Gasteiger partial charge in [-0.2, -0.15) is 0 Å². The van der Waals surface area contributed by atoms with Crippen LogP contribution >= 0.6 is 11.3 Å². The molecule has 4 rings (SSSR count). The second-order valence-corrected chi connectivity index (χ2v) is 8.08. The molecule has 0 spiro atoms. The highest BCUT2D eigenvalue weighted by Crippen LogP contribution is 2.34. The summed E-state index contributed by atoms with van der Waals surface area (Å²) in [6, 6.07) is 0. The van der Waals surface area contributed by atoms with E-state index in [0.29, 0.717) is 38.7 Å². The molecule has 6 nitrogen and oxygen atoms in total. The minimum absolute atomic E-state index is 0.0540. The lowest BCUT2D eigenvalue weighted by Crippen LogP contribution is -2.49. The SMILES string of the molecule is C=CCn1c(N2CCN(C(C)=O)CC2)nc2sc3c(c2c1=O)CCCC3. The van der Waals surface area contributed by atoms with E-state index in [1.54, 1.807) is 28.9 Å². The highest BCUT2D eigenvalue weighted by molar-refractivity contribution is 7.18. The van der Waals surface area contributed by atoms with E-state index in [9.17, 15) is 9.59 Å². The Morgan fingerprint density at radius 2 is 1.96 bits per heavy atom. The molecule has 0 radical (unpaired) electrons. The summed E-state index contributed by atoms with van der Waals surface area (Å²) in [5.74, 6) is 0.812. The Morgan fingerprint density at radius 3 is 2.65 bits per heavy atom. The van der Waals surface area contributed by atoms with Gasteiger partial charge in [-0.05, 0) is 31.2 Å². The van der Waals surface area contributed by atoms with Gasteiger partial charge in [0.25, 0.3) is 5.56 Å². The maximum absolute atomic E-state index is 13.3. The van der Waals surface area contributed by atoms with Crippen LogP contribution in [0.4, 0.5) is 5.95 Å². The van der Waals surface area contributed by atoms with Crippen LogP contribution in [0.2, 0.25) is 0 Å². The number of anilines is 1. The van der Waals surface area contributed by atoms with Crippen LogP contribution in [-0.4, -0.2) is 46.5 Å². The van der Waals surface area contributed by atoms with Gasteiger partial charge in [0.2, 0.25) is 11.9 Å². The number of nitrogens with zero attached hydrogens (tertiary/aromatic N) is 4. The first-order valence-electron chi connectivity index (χ1n) is 9.26. The molecule has 0 bridgehead atoms. The Balaban J connectivity index is 1.79. The van der Waals surface area contributed by atoms with Crippen molar-refractivity contribution in [3.05, 3.63) is 33.4 Å². The predicted molar refractivity (Wildman–Crippen MR) is 105 cm³/mol. The maximum atomic E-state index is 13.3. The summed E-state index contributed by atoms with van der Waals surface area (Å²) in [6.45, 7) is 8.59. The standard InChI is InChI=1S/C19H24N4O2S/c1-3-8-23-18(25)16-14-6-4-5-7-15(14)26-17(16)20-19(23)22-11-9-21(10-12-22)13(2)24/h3H,1,4-12H2,2H3. The summed E-state index contributed by atoms with van der Waals surface area (Å²) in [7, 11) is 0. The molecule has 1 aliphatic heterocycles.